The third-order valence-electron chi connectivity index (χ3n) is 7.34. The zero-order valence-electron chi connectivity index (χ0n) is 21.1. The third kappa shape index (κ3) is 4.05. The number of nitrogens with zero attached hydrogens (tertiary/aromatic N) is 3. The Hall–Kier alpha value is -3.92. The van der Waals surface area contributed by atoms with Gasteiger partial charge in [0.05, 0.1) is 10.9 Å². The van der Waals surface area contributed by atoms with Gasteiger partial charge in [0.15, 0.2) is 0 Å². The average Bonchev–Trinajstić information content (AvgIpc) is 3.48. The molecule has 0 saturated heterocycles. The van der Waals surface area contributed by atoms with Gasteiger partial charge in [-0.25, -0.2) is 8.42 Å². The minimum atomic E-state index is -3.94. The molecule has 10 heteroatoms. The number of carbonyl (C=O) groups is 1. The lowest BCUT2D eigenvalue weighted by atomic mass is 9.95. The Morgan fingerprint density at radius 1 is 1.05 bits per heavy atom. The molecule has 1 unspecified atom stereocenters. The van der Waals surface area contributed by atoms with Gasteiger partial charge in [0.1, 0.15) is 18.0 Å². The van der Waals surface area contributed by atoms with Crippen molar-refractivity contribution in [1.82, 2.24) is 14.0 Å². The summed E-state index contributed by atoms with van der Waals surface area (Å²) in [6.45, 7) is 3.32. The minimum Gasteiger partial charge on any atom is -0.480 e. The molecule has 5 aromatic rings. The fraction of sp³-hybridized carbons (Fsp3) is 0.172. The van der Waals surface area contributed by atoms with E-state index in [1.165, 1.54) is 4.31 Å². The standard InChI is InChI=1S/C29H24ClN3O5S/c1-17-27(22-14-20(30)12-13-24(22)32(17)16-26(34)35)29-21-10-6-7-11-25(21)39(36,37)33(29)15-23-18(2)38-31-28(23)19-8-4-3-5-9-19/h3-14,29H,15-16H2,1-2H3,(H,34,35). The van der Waals surface area contributed by atoms with Crippen molar-refractivity contribution < 1.29 is 22.8 Å². The quantitative estimate of drug-likeness (QED) is 0.275. The molecule has 0 spiro atoms. The number of aliphatic carboxylic acids is 1. The van der Waals surface area contributed by atoms with E-state index in [1.54, 1.807) is 47.9 Å². The van der Waals surface area contributed by atoms with Crippen LogP contribution in [0.3, 0.4) is 0 Å². The number of carboxylic acid groups (broad SMARTS) is 1. The molecular weight excluding hydrogens is 538 g/mol. The summed E-state index contributed by atoms with van der Waals surface area (Å²) in [5.74, 6) is -0.479. The summed E-state index contributed by atoms with van der Waals surface area (Å²) in [6.07, 6.45) is 0. The van der Waals surface area contributed by atoms with Crippen LogP contribution in [0.4, 0.5) is 0 Å². The molecule has 39 heavy (non-hydrogen) atoms. The number of carboxylic acids is 1. The van der Waals surface area contributed by atoms with Crippen LogP contribution in [0.15, 0.2) is 82.2 Å². The number of hydrogen-bond acceptors (Lipinski definition) is 5. The van der Waals surface area contributed by atoms with Crippen LogP contribution < -0.4 is 0 Å². The summed E-state index contributed by atoms with van der Waals surface area (Å²) >= 11 is 6.40. The van der Waals surface area contributed by atoms with Gasteiger partial charge in [-0.15, -0.1) is 0 Å². The number of halogens is 1. The molecule has 1 aliphatic heterocycles. The first kappa shape index (κ1) is 25.4. The molecule has 0 radical (unpaired) electrons. The maximum Gasteiger partial charge on any atom is 0.323 e. The fourth-order valence-corrected chi connectivity index (χ4v) is 7.51. The van der Waals surface area contributed by atoms with E-state index in [9.17, 15) is 18.3 Å². The molecule has 6 rings (SSSR count). The summed E-state index contributed by atoms with van der Waals surface area (Å²) in [4.78, 5) is 12.0. The van der Waals surface area contributed by atoms with Crippen LogP contribution >= 0.6 is 11.6 Å². The van der Waals surface area contributed by atoms with E-state index < -0.39 is 22.0 Å². The minimum absolute atomic E-state index is 0.00680. The van der Waals surface area contributed by atoms with Gasteiger partial charge in [0.25, 0.3) is 0 Å². The number of fused-ring (bicyclic) bond motifs is 2. The summed E-state index contributed by atoms with van der Waals surface area (Å²) < 4.78 is 36.9. The average molecular weight is 562 g/mol. The van der Waals surface area contributed by atoms with Crippen LogP contribution in [0.5, 0.6) is 0 Å². The Kier molecular flexibility index (Phi) is 6.10. The Morgan fingerprint density at radius 3 is 2.51 bits per heavy atom. The summed E-state index contributed by atoms with van der Waals surface area (Å²) in [5, 5.41) is 15.1. The zero-order valence-corrected chi connectivity index (χ0v) is 22.7. The van der Waals surface area contributed by atoms with Crippen LogP contribution in [0.2, 0.25) is 5.02 Å². The van der Waals surface area contributed by atoms with Gasteiger partial charge in [0.2, 0.25) is 10.0 Å². The van der Waals surface area contributed by atoms with E-state index in [2.05, 4.69) is 5.16 Å². The molecular formula is C29H24ClN3O5S. The second kappa shape index (κ2) is 9.37. The number of aromatic nitrogens is 2. The van der Waals surface area contributed by atoms with E-state index in [4.69, 9.17) is 16.1 Å². The Labute approximate surface area is 230 Å². The second-order valence-electron chi connectivity index (χ2n) is 9.56. The smallest absolute Gasteiger partial charge is 0.323 e. The monoisotopic (exact) mass is 561 g/mol. The molecule has 3 heterocycles. The highest BCUT2D eigenvalue weighted by molar-refractivity contribution is 7.89. The third-order valence-corrected chi connectivity index (χ3v) is 9.46. The molecule has 1 aliphatic rings. The topological polar surface area (TPSA) is 106 Å². The predicted molar refractivity (Wildman–Crippen MR) is 147 cm³/mol. The lowest BCUT2D eigenvalue weighted by Crippen LogP contribution is -2.29. The van der Waals surface area contributed by atoms with Crippen LogP contribution in [0, 0.1) is 13.8 Å². The van der Waals surface area contributed by atoms with Crippen LogP contribution in [-0.2, 0) is 27.9 Å². The SMILES string of the molecule is Cc1onc(-c2ccccc2)c1CN1C(c2c(C)n(CC(=O)O)c3ccc(Cl)cc23)c2ccccc2S1(=O)=O. The predicted octanol–water partition coefficient (Wildman–Crippen LogP) is 5.95. The Balaban J connectivity index is 1.60. The van der Waals surface area contributed by atoms with Gasteiger partial charge in [-0.3, -0.25) is 4.79 Å². The Bertz CT molecular complexity index is 1860. The number of rotatable bonds is 6. The van der Waals surface area contributed by atoms with Crippen molar-refractivity contribution in [2.24, 2.45) is 0 Å². The van der Waals surface area contributed by atoms with Crippen molar-refractivity contribution in [3.05, 3.63) is 106 Å². The molecule has 3 aromatic carbocycles. The summed E-state index contributed by atoms with van der Waals surface area (Å²) in [5.41, 5.74) is 4.68. The van der Waals surface area contributed by atoms with Gasteiger partial charge in [-0.2, -0.15) is 4.31 Å². The van der Waals surface area contributed by atoms with Crippen LogP contribution in [-0.4, -0.2) is 33.5 Å². The van der Waals surface area contributed by atoms with Crippen molar-refractivity contribution in [2.45, 2.75) is 37.9 Å². The highest BCUT2D eigenvalue weighted by atomic mass is 35.5. The van der Waals surface area contributed by atoms with E-state index >= 15 is 0 Å². The first-order valence-corrected chi connectivity index (χ1v) is 14.1. The molecule has 1 atom stereocenters. The second-order valence-corrected chi connectivity index (χ2v) is 11.9. The van der Waals surface area contributed by atoms with Gasteiger partial charge < -0.3 is 14.2 Å². The van der Waals surface area contributed by atoms with Gasteiger partial charge >= 0.3 is 5.97 Å². The van der Waals surface area contributed by atoms with Crippen molar-refractivity contribution in [3.63, 3.8) is 0 Å². The lowest BCUT2D eigenvalue weighted by Gasteiger charge is -2.25. The first-order valence-electron chi connectivity index (χ1n) is 12.3. The van der Waals surface area contributed by atoms with Crippen molar-refractivity contribution in [1.29, 1.82) is 0 Å². The van der Waals surface area contributed by atoms with Gasteiger partial charge in [-0.05, 0) is 43.7 Å². The molecule has 8 nitrogen and oxygen atoms in total. The number of hydrogen-bond donors (Lipinski definition) is 1. The molecule has 0 bridgehead atoms. The number of benzene rings is 3. The van der Waals surface area contributed by atoms with Gasteiger partial charge in [0, 0.05) is 44.9 Å². The zero-order chi connectivity index (χ0) is 27.5. The van der Waals surface area contributed by atoms with Crippen molar-refractivity contribution >= 4 is 38.5 Å². The molecule has 2 aromatic heterocycles. The fourth-order valence-electron chi connectivity index (χ4n) is 5.56. The Morgan fingerprint density at radius 2 is 1.77 bits per heavy atom. The van der Waals surface area contributed by atoms with E-state index in [1.807, 2.05) is 43.3 Å². The van der Waals surface area contributed by atoms with E-state index in [-0.39, 0.29) is 18.0 Å². The molecule has 0 amide bonds. The normalized spacial score (nSPS) is 16.5. The number of aryl methyl sites for hydroxylation is 1. The van der Waals surface area contributed by atoms with Crippen molar-refractivity contribution in [2.75, 3.05) is 0 Å². The summed E-state index contributed by atoms with van der Waals surface area (Å²) in [7, 11) is -3.94. The summed E-state index contributed by atoms with van der Waals surface area (Å²) in [6, 6.07) is 20.9. The van der Waals surface area contributed by atoms with E-state index in [0.717, 1.165) is 5.56 Å². The maximum atomic E-state index is 14.1. The highest BCUT2D eigenvalue weighted by Gasteiger charge is 2.46. The molecule has 0 fully saturated rings. The van der Waals surface area contributed by atoms with E-state index in [0.29, 0.717) is 49.8 Å². The molecule has 0 aliphatic carbocycles. The van der Waals surface area contributed by atoms with Gasteiger partial charge in [-0.1, -0.05) is 65.3 Å². The van der Waals surface area contributed by atoms with Crippen LogP contribution in [0.1, 0.15) is 34.2 Å². The van der Waals surface area contributed by atoms with Crippen molar-refractivity contribution in [3.8, 4) is 11.3 Å². The molecule has 198 valence electrons. The van der Waals surface area contributed by atoms with Crippen LogP contribution in [0.25, 0.3) is 22.2 Å². The largest absolute Gasteiger partial charge is 0.480 e. The maximum absolute atomic E-state index is 14.1. The number of sulfonamides is 1. The lowest BCUT2D eigenvalue weighted by molar-refractivity contribution is -0.137. The first-order chi connectivity index (χ1) is 18.7. The molecule has 0 saturated carbocycles. The highest BCUT2D eigenvalue weighted by Crippen LogP contribution is 2.48. The molecule has 1 N–H and O–H groups in total.